The van der Waals surface area contributed by atoms with E-state index >= 15 is 0 Å². The third kappa shape index (κ3) is 4.49. The summed E-state index contributed by atoms with van der Waals surface area (Å²) in [6, 6.07) is 1.11. The fraction of sp³-hybridized carbons (Fsp3) is 0.476. The molecule has 3 aromatic rings. The van der Waals surface area contributed by atoms with Crippen LogP contribution in [0.25, 0.3) is 10.2 Å². The van der Waals surface area contributed by atoms with Crippen molar-refractivity contribution in [3.05, 3.63) is 35.0 Å². The average molecular weight is 510 g/mol. The molecule has 2 saturated heterocycles. The van der Waals surface area contributed by atoms with Crippen LogP contribution in [0, 0.1) is 0 Å². The van der Waals surface area contributed by atoms with E-state index in [0.717, 1.165) is 17.4 Å². The number of alkyl halides is 3. The number of likely N-dealkylation sites (tertiary alicyclic amines) is 1. The topological polar surface area (TPSA) is 105 Å². The molecule has 2 fully saturated rings. The Hall–Kier alpha value is -3.42. The highest BCUT2D eigenvalue weighted by Crippen LogP contribution is 2.40. The summed E-state index contributed by atoms with van der Waals surface area (Å²) >= 11 is 0.850. The van der Waals surface area contributed by atoms with E-state index < -0.39 is 23.7 Å². The molecule has 0 radical (unpaired) electrons. The smallest absolute Gasteiger partial charge is 0.417 e. The predicted octanol–water partition coefficient (Wildman–Crippen LogP) is 2.93. The molecule has 0 unspecified atom stereocenters. The van der Waals surface area contributed by atoms with Crippen LogP contribution in [0.3, 0.4) is 0 Å². The fourth-order valence-electron chi connectivity index (χ4n) is 4.27. The molecule has 0 aliphatic carbocycles. The Morgan fingerprint density at radius 2 is 1.97 bits per heavy atom. The second-order valence-electron chi connectivity index (χ2n) is 8.44. The van der Waals surface area contributed by atoms with Gasteiger partial charge < -0.3 is 19.9 Å². The number of piperidine rings is 1. The van der Waals surface area contributed by atoms with E-state index in [1.165, 1.54) is 12.4 Å². The number of carbonyl (C=O) groups excluding carboxylic acids is 2. The van der Waals surface area contributed by atoms with E-state index in [1.54, 1.807) is 26.9 Å². The largest absolute Gasteiger partial charge is 0.446 e. The van der Waals surface area contributed by atoms with Crippen LogP contribution in [0.15, 0.2) is 23.8 Å². The number of hydrogen-bond donors (Lipinski definition) is 1. The quantitative estimate of drug-likeness (QED) is 0.577. The molecule has 0 atom stereocenters. The summed E-state index contributed by atoms with van der Waals surface area (Å²) < 4.78 is 48.6. The Morgan fingerprint density at radius 3 is 2.60 bits per heavy atom. The van der Waals surface area contributed by atoms with Crippen molar-refractivity contribution in [1.29, 1.82) is 0 Å². The maximum atomic E-state index is 13.8. The van der Waals surface area contributed by atoms with Gasteiger partial charge in [0.25, 0.3) is 5.91 Å². The summed E-state index contributed by atoms with van der Waals surface area (Å²) in [5.41, 5.74) is -0.666. The first-order valence-electron chi connectivity index (χ1n) is 11.0. The summed E-state index contributed by atoms with van der Waals surface area (Å²) in [6.07, 6.45) is -1.10. The number of rotatable bonds is 4. The van der Waals surface area contributed by atoms with Gasteiger partial charge in [-0.3, -0.25) is 4.79 Å². The minimum atomic E-state index is -4.59. The summed E-state index contributed by atoms with van der Waals surface area (Å²) in [6.45, 7) is 1.71. The highest BCUT2D eigenvalue weighted by molar-refractivity contribution is 7.17. The zero-order chi connectivity index (χ0) is 24.7. The van der Waals surface area contributed by atoms with Crippen LogP contribution in [0.4, 0.5) is 23.8 Å². The molecule has 2 amide bonds. The third-order valence-electron chi connectivity index (χ3n) is 6.26. The molecule has 2 aliphatic heterocycles. The van der Waals surface area contributed by atoms with Crippen molar-refractivity contribution in [3.63, 3.8) is 0 Å². The fourth-order valence-corrected chi connectivity index (χ4v) is 5.29. The van der Waals surface area contributed by atoms with Crippen molar-refractivity contribution in [2.24, 2.45) is 0 Å². The Kier molecular flexibility index (Phi) is 5.99. The van der Waals surface area contributed by atoms with Gasteiger partial charge >= 0.3 is 12.3 Å². The number of pyridine rings is 1. The first-order chi connectivity index (χ1) is 16.7. The third-order valence-corrected chi connectivity index (χ3v) is 7.26. The van der Waals surface area contributed by atoms with Gasteiger partial charge in [0.2, 0.25) is 0 Å². The Balaban J connectivity index is 1.25. The molecule has 3 aromatic heterocycles. The molecule has 0 aromatic carbocycles. The molecule has 1 N–H and O–H groups in total. The highest BCUT2D eigenvalue weighted by Gasteiger charge is 2.37. The van der Waals surface area contributed by atoms with Crippen LogP contribution in [-0.4, -0.2) is 76.2 Å². The van der Waals surface area contributed by atoms with Gasteiger partial charge in [-0.25, -0.2) is 14.5 Å². The molecule has 0 bridgehead atoms. The first-order valence-corrected chi connectivity index (χ1v) is 11.9. The molecule has 2 aliphatic rings. The van der Waals surface area contributed by atoms with Crippen molar-refractivity contribution >= 4 is 39.4 Å². The molecule has 186 valence electrons. The maximum absolute atomic E-state index is 13.8. The standard InChI is InChI=1S/C21H22F3N7O3S/c1-25-19(32)14-11-35-18-15(21(22,23)24)8-16(27-17(14)18)29-5-2-13(3-6-29)34-20(33)30-9-12(10-30)31-7-4-26-28-31/h4,7-8,11-13H,2-3,5-6,9-10H2,1H3,(H,25,32). The van der Waals surface area contributed by atoms with Gasteiger partial charge in [-0.1, -0.05) is 5.21 Å². The lowest BCUT2D eigenvalue weighted by molar-refractivity contribution is -0.136. The van der Waals surface area contributed by atoms with Gasteiger partial charge in [0.05, 0.1) is 33.6 Å². The van der Waals surface area contributed by atoms with Crippen molar-refractivity contribution in [1.82, 2.24) is 30.2 Å². The number of amides is 2. The second kappa shape index (κ2) is 8.98. The summed E-state index contributed by atoms with van der Waals surface area (Å²) in [4.78, 5) is 32.3. The molecule has 14 heteroatoms. The van der Waals surface area contributed by atoms with Crippen LogP contribution >= 0.6 is 11.3 Å². The monoisotopic (exact) mass is 509 g/mol. The average Bonchev–Trinajstić information content (AvgIpc) is 3.47. The van der Waals surface area contributed by atoms with Gasteiger partial charge in [0.15, 0.2) is 0 Å². The second-order valence-corrected chi connectivity index (χ2v) is 9.32. The molecule has 0 spiro atoms. The molecular formula is C21H22F3N7O3S. The van der Waals surface area contributed by atoms with E-state index in [9.17, 15) is 22.8 Å². The maximum Gasteiger partial charge on any atom is 0.417 e. The van der Waals surface area contributed by atoms with Crippen LogP contribution in [0.1, 0.15) is 34.8 Å². The number of anilines is 1. The van der Waals surface area contributed by atoms with Gasteiger partial charge in [0.1, 0.15) is 11.9 Å². The molecule has 5 heterocycles. The lowest BCUT2D eigenvalue weighted by atomic mass is 10.1. The lowest BCUT2D eigenvalue weighted by Gasteiger charge is -2.39. The minimum absolute atomic E-state index is 0.0347. The number of carbonyl (C=O) groups is 2. The summed E-state index contributed by atoms with van der Waals surface area (Å²) in [7, 11) is 1.42. The van der Waals surface area contributed by atoms with Crippen LogP contribution in [0.2, 0.25) is 0 Å². The minimum Gasteiger partial charge on any atom is -0.446 e. The molecule has 0 saturated carbocycles. The number of nitrogens with zero attached hydrogens (tertiary/aromatic N) is 6. The molecule has 5 rings (SSSR count). The van der Waals surface area contributed by atoms with E-state index in [-0.39, 0.29) is 33.7 Å². The van der Waals surface area contributed by atoms with Gasteiger partial charge in [-0.2, -0.15) is 13.2 Å². The zero-order valence-electron chi connectivity index (χ0n) is 18.7. The Bertz CT molecular complexity index is 1230. The van der Waals surface area contributed by atoms with Crippen LogP contribution < -0.4 is 10.2 Å². The van der Waals surface area contributed by atoms with Crippen molar-refractivity contribution in [3.8, 4) is 0 Å². The number of ether oxygens (including phenoxy) is 1. The van der Waals surface area contributed by atoms with Gasteiger partial charge in [-0.05, 0) is 6.07 Å². The van der Waals surface area contributed by atoms with E-state index in [1.807, 2.05) is 0 Å². The van der Waals surface area contributed by atoms with Gasteiger partial charge in [0, 0.05) is 57.6 Å². The zero-order valence-corrected chi connectivity index (χ0v) is 19.5. The van der Waals surface area contributed by atoms with Crippen LogP contribution in [-0.2, 0) is 10.9 Å². The normalized spacial score (nSPS) is 17.5. The Labute approximate surface area is 201 Å². The number of aromatic nitrogens is 4. The predicted molar refractivity (Wildman–Crippen MR) is 120 cm³/mol. The molecular weight excluding hydrogens is 487 g/mol. The van der Waals surface area contributed by atoms with Crippen LogP contribution in [0.5, 0.6) is 0 Å². The lowest BCUT2D eigenvalue weighted by Crippen LogP contribution is -2.52. The summed E-state index contributed by atoms with van der Waals surface area (Å²) in [5, 5.41) is 11.5. The van der Waals surface area contributed by atoms with Crippen molar-refractivity contribution in [2.45, 2.75) is 31.2 Å². The number of nitrogens with one attached hydrogen (secondary N) is 1. The summed E-state index contributed by atoms with van der Waals surface area (Å²) in [5.74, 6) is -0.340. The number of halogens is 3. The van der Waals surface area contributed by atoms with E-state index in [4.69, 9.17) is 4.74 Å². The number of fused-ring (bicyclic) bond motifs is 1. The molecule has 10 nitrogen and oxygen atoms in total. The molecule has 35 heavy (non-hydrogen) atoms. The highest BCUT2D eigenvalue weighted by atomic mass is 32.1. The van der Waals surface area contributed by atoms with Crippen molar-refractivity contribution < 1.29 is 27.5 Å². The van der Waals surface area contributed by atoms with E-state index in [2.05, 4.69) is 20.6 Å². The Morgan fingerprint density at radius 1 is 1.23 bits per heavy atom. The number of thiophene rings is 1. The van der Waals surface area contributed by atoms with Gasteiger partial charge in [-0.15, -0.1) is 16.4 Å². The number of hydrogen-bond acceptors (Lipinski definition) is 8. The first kappa shape index (κ1) is 23.3. The van der Waals surface area contributed by atoms with Crippen molar-refractivity contribution in [2.75, 3.05) is 38.1 Å². The van der Waals surface area contributed by atoms with E-state index in [0.29, 0.717) is 39.0 Å². The SMILES string of the molecule is CNC(=O)c1csc2c(C(F)(F)F)cc(N3CCC(OC(=O)N4CC(n5ccnn5)C4)CC3)nc12.